The number of nitrogens with two attached hydrogens (primary N) is 1. The monoisotopic (exact) mass is 437 g/mol. The number of carboxylic acids is 1. The molecule has 0 saturated heterocycles. The largest absolute Gasteiger partial charge is 0.478 e. The molecule has 0 unspecified atom stereocenters. The molecule has 10 heteroatoms. The Bertz CT molecular complexity index is 1390. The molecule has 0 spiro atoms. The molecular weight excluding hydrogens is 426 g/mol. The Labute approximate surface area is 178 Å². The van der Waals surface area contributed by atoms with Gasteiger partial charge in [-0.25, -0.2) is 4.79 Å². The van der Waals surface area contributed by atoms with Crippen molar-refractivity contribution in [1.29, 1.82) is 0 Å². The van der Waals surface area contributed by atoms with Crippen LogP contribution in [0.4, 0.5) is 5.82 Å². The number of rotatable bonds is 4. The van der Waals surface area contributed by atoms with E-state index in [2.05, 4.69) is 5.32 Å². The maximum atomic E-state index is 13.0. The zero-order chi connectivity index (χ0) is 22.4. The number of nitrogen functional groups attached to an aromatic ring is 1. The molecule has 1 aliphatic rings. The van der Waals surface area contributed by atoms with Gasteiger partial charge in [0.15, 0.2) is 5.78 Å². The van der Waals surface area contributed by atoms with Crippen molar-refractivity contribution < 1.29 is 24.3 Å². The number of fused-ring (bicyclic) bond motifs is 1. The number of halogens is 1. The zero-order valence-corrected chi connectivity index (χ0v) is 16.3. The Morgan fingerprint density at radius 2 is 1.65 bits per heavy atom. The molecule has 0 bridgehead atoms. The molecule has 2 aromatic carbocycles. The van der Waals surface area contributed by atoms with Gasteiger partial charge in [0.05, 0.1) is 27.4 Å². The van der Waals surface area contributed by atoms with E-state index in [1.807, 2.05) is 0 Å². The average molecular weight is 438 g/mol. The molecule has 4 N–H and O–H groups in total. The molecule has 2 heterocycles. The van der Waals surface area contributed by atoms with Crippen LogP contribution in [0, 0.1) is 0 Å². The number of aromatic nitrogens is 1. The first-order chi connectivity index (χ1) is 14.7. The van der Waals surface area contributed by atoms with E-state index in [1.165, 1.54) is 42.5 Å². The highest BCUT2D eigenvalue weighted by atomic mass is 35.5. The van der Waals surface area contributed by atoms with E-state index in [-0.39, 0.29) is 44.3 Å². The Morgan fingerprint density at radius 3 is 2.32 bits per heavy atom. The van der Waals surface area contributed by atoms with Crippen LogP contribution in [0.3, 0.4) is 0 Å². The first-order valence-corrected chi connectivity index (χ1v) is 9.16. The third-order valence-electron chi connectivity index (χ3n) is 4.80. The second-order valence-electron chi connectivity index (χ2n) is 6.62. The standard InChI is InChI=1S/C21H12ClN3O6/c22-13-6-5-9(17(27)10-3-1-2-4-11(10)21(30)31)7-14(13)25-15(26)8-12-16(18(25)23)20(29)24-19(12)28/h1-8H,23H2,(H,30,31)(H,24,28,29). The smallest absolute Gasteiger partial charge is 0.336 e. The van der Waals surface area contributed by atoms with E-state index in [0.29, 0.717) is 0 Å². The predicted molar refractivity (Wildman–Crippen MR) is 110 cm³/mol. The van der Waals surface area contributed by atoms with Gasteiger partial charge in [0.25, 0.3) is 17.4 Å². The topological polar surface area (TPSA) is 149 Å². The molecule has 9 nitrogen and oxygen atoms in total. The molecule has 1 aliphatic heterocycles. The van der Waals surface area contributed by atoms with Crippen molar-refractivity contribution in [1.82, 2.24) is 9.88 Å². The van der Waals surface area contributed by atoms with Crippen molar-refractivity contribution in [3.05, 3.63) is 91.7 Å². The molecule has 0 fully saturated rings. The summed E-state index contributed by atoms with van der Waals surface area (Å²) in [6.07, 6.45) is 0. The summed E-state index contributed by atoms with van der Waals surface area (Å²) in [6.45, 7) is 0. The van der Waals surface area contributed by atoms with Crippen LogP contribution in [0.15, 0.2) is 53.3 Å². The van der Waals surface area contributed by atoms with Gasteiger partial charge in [-0.2, -0.15) is 0 Å². The van der Waals surface area contributed by atoms with Gasteiger partial charge in [0, 0.05) is 17.2 Å². The number of benzene rings is 2. The number of carbonyl (C=O) groups is 4. The average Bonchev–Trinajstić information content (AvgIpc) is 3.02. The van der Waals surface area contributed by atoms with Gasteiger partial charge in [-0.3, -0.25) is 29.1 Å². The fourth-order valence-electron chi connectivity index (χ4n) is 3.38. The number of nitrogens with one attached hydrogen (secondary N) is 1. The lowest BCUT2D eigenvalue weighted by Crippen LogP contribution is -2.24. The van der Waals surface area contributed by atoms with Crippen LogP contribution in [0.1, 0.15) is 47.0 Å². The fraction of sp³-hybridized carbons (Fsp3) is 0. The molecule has 0 radical (unpaired) electrons. The molecule has 154 valence electrons. The van der Waals surface area contributed by atoms with Gasteiger partial charge in [0.2, 0.25) is 0 Å². The first-order valence-electron chi connectivity index (χ1n) is 8.79. The zero-order valence-electron chi connectivity index (χ0n) is 15.5. The van der Waals surface area contributed by atoms with Gasteiger partial charge in [-0.1, -0.05) is 29.8 Å². The molecule has 4 rings (SSSR count). The van der Waals surface area contributed by atoms with Crippen LogP contribution < -0.4 is 16.6 Å². The van der Waals surface area contributed by atoms with E-state index in [9.17, 15) is 29.1 Å². The van der Waals surface area contributed by atoms with E-state index >= 15 is 0 Å². The minimum atomic E-state index is -1.27. The number of imide groups is 1. The summed E-state index contributed by atoms with van der Waals surface area (Å²) >= 11 is 6.23. The lowest BCUT2D eigenvalue weighted by Gasteiger charge is -2.14. The Balaban J connectivity index is 1.90. The number of hydrogen-bond acceptors (Lipinski definition) is 6. The normalized spacial score (nSPS) is 12.4. The van der Waals surface area contributed by atoms with Crippen molar-refractivity contribution in [3.8, 4) is 5.69 Å². The lowest BCUT2D eigenvalue weighted by atomic mass is 9.98. The maximum absolute atomic E-state index is 13.0. The molecule has 3 aromatic rings. The van der Waals surface area contributed by atoms with Gasteiger partial charge >= 0.3 is 5.97 Å². The summed E-state index contributed by atoms with van der Waals surface area (Å²) < 4.78 is 0.916. The number of pyridine rings is 1. The fourth-order valence-corrected chi connectivity index (χ4v) is 3.58. The van der Waals surface area contributed by atoms with Crippen LogP contribution >= 0.6 is 11.6 Å². The van der Waals surface area contributed by atoms with Crippen molar-refractivity contribution in [2.75, 3.05) is 5.73 Å². The number of aromatic carboxylic acids is 1. The highest BCUT2D eigenvalue weighted by Crippen LogP contribution is 2.28. The van der Waals surface area contributed by atoms with E-state index in [4.69, 9.17) is 17.3 Å². The van der Waals surface area contributed by atoms with Crippen LogP contribution in [-0.2, 0) is 0 Å². The molecule has 0 atom stereocenters. The number of amides is 2. The quantitative estimate of drug-likeness (QED) is 0.416. The third-order valence-corrected chi connectivity index (χ3v) is 5.12. The Kier molecular flexibility index (Phi) is 4.67. The molecule has 2 amide bonds. The summed E-state index contributed by atoms with van der Waals surface area (Å²) in [4.78, 5) is 61.0. The van der Waals surface area contributed by atoms with Gasteiger partial charge < -0.3 is 10.8 Å². The molecule has 0 aliphatic carbocycles. The first kappa shape index (κ1) is 20.0. The van der Waals surface area contributed by atoms with Crippen LogP contribution in [0.25, 0.3) is 5.69 Å². The minimum absolute atomic E-state index is 0.00206. The number of carboxylic acid groups (broad SMARTS) is 1. The van der Waals surface area contributed by atoms with Crippen LogP contribution in [0.5, 0.6) is 0 Å². The van der Waals surface area contributed by atoms with Crippen molar-refractivity contribution in [3.63, 3.8) is 0 Å². The maximum Gasteiger partial charge on any atom is 0.336 e. The third kappa shape index (κ3) is 3.17. The van der Waals surface area contributed by atoms with Crippen LogP contribution in [0.2, 0.25) is 5.02 Å². The highest BCUT2D eigenvalue weighted by Gasteiger charge is 2.32. The van der Waals surface area contributed by atoms with Gasteiger partial charge in [0.1, 0.15) is 5.82 Å². The Hall–Kier alpha value is -4.24. The van der Waals surface area contributed by atoms with Gasteiger partial charge in [-0.05, 0) is 24.3 Å². The summed E-state index contributed by atoms with van der Waals surface area (Å²) in [7, 11) is 0. The summed E-state index contributed by atoms with van der Waals surface area (Å²) in [6, 6.07) is 10.6. The summed E-state index contributed by atoms with van der Waals surface area (Å²) in [5.41, 5.74) is 4.76. The number of ketones is 1. The number of hydrogen-bond donors (Lipinski definition) is 3. The molecule has 31 heavy (non-hydrogen) atoms. The lowest BCUT2D eigenvalue weighted by molar-refractivity contribution is 0.0692. The van der Waals surface area contributed by atoms with E-state index in [1.54, 1.807) is 0 Å². The van der Waals surface area contributed by atoms with Crippen molar-refractivity contribution in [2.24, 2.45) is 0 Å². The Morgan fingerprint density at radius 1 is 0.968 bits per heavy atom. The minimum Gasteiger partial charge on any atom is -0.478 e. The SMILES string of the molecule is Nc1c2c(cc(=O)n1-c1cc(C(=O)c3ccccc3C(=O)O)ccc1Cl)C(=O)NC2=O. The number of anilines is 1. The summed E-state index contributed by atoms with van der Waals surface area (Å²) in [5, 5.41) is 11.4. The van der Waals surface area contributed by atoms with Crippen molar-refractivity contribution in [2.45, 2.75) is 0 Å². The van der Waals surface area contributed by atoms with Crippen LogP contribution in [-0.4, -0.2) is 33.2 Å². The highest BCUT2D eigenvalue weighted by molar-refractivity contribution is 6.32. The van der Waals surface area contributed by atoms with E-state index < -0.39 is 29.1 Å². The van der Waals surface area contributed by atoms with Gasteiger partial charge in [-0.15, -0.1) is 0 Å². The molecular formula is C21H12ClN3O6. The predicted octanol–water partition coefficient (Wildman–Crippen LogP) is 1.89. The van der Waals surface area contributed by atoms with E-state index in [0.717, 1.165) is 10.6 Å². The summed E-state index contributed by atoms with van der Waals surface area (Å²) in [5.74, 6) is -3.70. The second-order valence-corrected chi connectivity index (χ2v) is 7.03. The molecule has 0 saturated carbocycles. The number of nitrogens with zero attached hydrogens (tertiary/aromatic N) is 1. The second kappa shape index (κ2) is 7.22. The molecule has 1 aromatic heterocycles. The van der Waals surface area contributed by atoms with Crippen molar-refractivity contribution >= 4 is 41.0 Å². The number of carbonyl (C=O) groups excluding carboxylic acids is 3.